The molecular weight excluding hydrogens is 460 g/mol. The standard InChI is InChI=1S/C25H50O8S/c1-25(27)34-24-10-8-6-4-2-3-5-7-9-12-28-14-16-30-18-20-32-22-23-33-21-19-31-17-15-29-13-11-26/h26H,2-24H2,1H3. The molecule has 0 rings (SSSR count). The van der Waals surface area contributed by atoms with Crippen LogP contribution in [0.25, 0.3) is 0 Å². The van der Waals surface area contributed by atoms with Crippen LogP contribution in [-0.2, 0) is 33.2 Å². The summed E-state index contributed by atoms with van der Waals surface area (Å²) >= 11 is 1.45. The molecule has 0 aliphatic carbocycles. The van der Waals surface area contributed by atoms with Crippen LogP contribution >= 0.6 is 11.8 Å². The SMILES string of the molecule is CC(=O)SCCCCCCCCCCCOCCOCCOCCOCCOCCOCCO. The van der Waals surface area contributed by atoms with Gasteiger partial charge in [-0.3, -0.25) is 4.79 Å². The van der Waals surface area contributed by atoms with Gasteiger partial charge in [-0.15, -0.1) is 0 Å². The Morgan fingerprint density at radius 2 is 0.824 bits per heavy atom. The molecule has 0 radical (unpaired) electrons. The maximum absolute atomic E-state index is 10.8. The fourth-order valence-electron chi connectivity index (χ4n) is 3.03. The summed E-state index contributed by atoms with van der Waals surface area (Å²) in [5.41, 5.74) is 0. The van der Waals surface area contributed by atoms with Crippen molar-refractivity contribution in [3.05, 3.63) is 0 Å². The van der Waals surface area contributed by atoms with Gasteiger partial charge in [-0.25, -0.2) is 0 Å². The third kappa shape index (κ3) is 31.7. The minimum Gasteiger partial charge on any atom is -0.394 e. The van der Waals surface area contributed by atoms with Gasteiger partial charge in [0, 0.05) is 19.3 Å². The number of aliphatic hydroxyl groups is 1. The summed E-state index contributed by atoms with van der Waals surface area (Å²) in [6.07, 6.45) is 11.3. The van der Waals surface area contributed by atoms with Crippen LogP contribution in [-0.4, -0.2) is 102 Å². The summed E-state index contributed by atoms with van der Waals surface area (Å²) in [5.74, 6) is 0.978. The number of unbranched alkanes of at least 4 members (excludes halogenated alkanes) is 8. The largest absolute Gasteiger partial charge is 0.394 e. The van der Waals surface area contributed by atoms with Gasteiger partial charge in [-0.2, -0.15) is 0 Å². The molecule has 0 heterocycles. The van der Waals surface area contributed by atoms with Crippen molar-refractivity contribution in [2.24, 2.45) is 0 Å². The Kier molecular flexibility index (Phi) is 30.5. The van der Waals surface area contributed by atoms with E-state index in [9.17, 15) is 4.79 Å². The number of ether oxygens (including phenoxy) is 6. The number of hydrogen-bond acceptors (Lipinski definition) is 9. The number of carbonyl (C=O) groups excluding carboxylic acids is 1. The van der Waals surface area contributed by atoms with Crippen LogP contribution in [0.15, 0.2) is 0 Å². The van der Waals surface area contributed by atoms with E-state index in [-0.39, 0.29) is 11.7 Å². The second-order valence-electron chi connectivity index (χ2n) is 7.92. The predicted octanol–water partition coefficient (Wildman–Crippen LogP) is 3.87. The van der Waals surface area contributed by atoms with E-state index in [0.29, 0.717) is 72.7 Å². The first kappa shape index (κ1) is 33.7. The zero-order valence-corrected chi connectivity index (χ0v) is 22.3. The van der Waals surface area contributed by atoms with E-state index >= 15 is 0 Å². The molecule has 0 spiro atoms. The van der Waals surface area contributed by atoms with E-state index in [1.165, 1.54) is 56.7 Å². The number of carbonyl (C=O) groups is 1. The van der Waals surface area contributed by atoms with Crippen molar-refractivity contribution >= 4 is 16.9 Å². The minimum absolute atomic E-state index is 0.0372. The Hall–Kier alpha value is -0.260. The maximum atomic E-state index is 10.8. The van der Waals surface area contributed by atoms with Gasteiger partial charge in [0.25, 0.3) is 0 Å². The van der Waals surface area contributed by atoms with E-state index < -0.39 is 0 Å². The molecule has 0 aliphatic heterocycles. The van der Waals surface area contributed by atoms with Crippen LogP contribution in [0.2, 0.25) is 0 Å². The summed E-state index contributed by atoms with van der Waals surface area (Å²) in [7, 11) is 0. The fraction of sp³-hybridized carbons (Fsp3) is 0.960. The van der Waals surface area contributed by atoms with Gasteiger partial charge in [0.05, 0.1) is 79.3 Å². The lowest BCUT2D eigenvalue weighted by molar-refractivity contribution is -0.109. The number of rotatable bonds is 29. The monoisotopic (exact) mass is 510 g/mol. The Bertz CT molecular complexity index is 401. The Balaban J connectivity index is 3.01. The minimum atomic E-state index is 0.0372. The van der Waals surface area contributed by atoms with Gasteiger partial charge in [0.15, 0.2) is 5.12 Å². The summed E-state index contributed by atoms with van der Waals surface area (Å²) in [6.45, 7) is 8.32. The molecule has 34 heavy (non-hydrogen) atoms. The van der Waals surface area contributed by atoms with Crippen molar-refractivity contribution in [2.75, 3.05) is 91.6 Å². The van der Waals surface area contributed by atoms with Crippen molar-refractivity contribution in [3.8, 4) is 0 Å². The second-order valence-corrected chi connectivity index (χ2v) is 9.19. The molecule has 0 aromatic heterocycles. The highest BCUT2D eigenvalue weighted by atomic mass is 32.2. The quantitative estimate of drug-likeness (QED) is 0.151. The molecule has 0 saturated carbocycles. The van der Waals surface area contributed by atoms with E-state index in [2.05, 4.69) is 0 Å². The molecule has 204 valence electrons. The zero-order valence-electron chi connectivity index (χ0n) is 21.5. The molecule has 1 N–H and O–H groups in total. The fourth-order valence-corrected chi connectivity index (χ4v) is 3.66. The summed E-state index contributed by atoms with van der Waals surface area (Å²) in [6, 6.07) is 0. The van der Waals surface area contributed by atoms with Crippen LogP contribution in [0, 0.1) is 0 Å². The Morgan fingerprint density at radius 3 is 1.21 bits per heavy atom. The average molecular weight is 511 g/mol. The van der Waals surface area contributed by atoms with Crippen molar-refractivity contribution < 1.29 is 38.3 Å². The van der Waals surface area contributed by atoms with Gasteiger partial charge >= 0.3 is 0 Å². The lowest BCUT2D eigenvalue weighted by Gasteiger charge is -2.08. The number of aliphatic hydroxyl groups excluding tert-OH is 1. The average Bonchev–Trinajstić information content (AvgIpc) is 2.83. The molecule has 0 bridgehead atoms. The molecule has 0 unspecified atom stereocenters. The predicted molar refractivity (Wildman–Crippen MR) is 137 cm³/mol. The van der Waals surface area contributed by atoms with Gasteiger partial charge in [-0.1, -0.05) is 56.7 Å². The van der Waals surface area contributed by atoms with Crippen molar-refractivity contribution in [2.45, 2.75) is 64.7 Å². The summed E-state index contributed by atoms with van der Waals surface area (Å²) in [5, 5.41) is 8.79. The van der Waals surface area contributed by atoms with Crippen molar-refractivity contribution in [3.63, 3.8) is 0 Å². The molecular formula is C25H50O8S. The summed E-state index contributed by atoms with van der Waals surface area (Å²) in [4.78, 5) is 10.8. The van der Waals surface area contributed by atoms with Crippen molar-refractivity contribution in [1.29, 1.82) is 0 Å². The highest BCUT2D eigenvalue weighted by molar-refractivity contribution is 8.13. The second kappa shape index (κ2) is 30.8. The molecule has 0 aromatic rings. The van der Waals surface area contributed by atoms with E-state index in [0.717, 1.165) is 25.2 Å². The van der Waals surface area contributed by atoms with Gasteiger partial charge < -0.3 is 33.5 Å². The van der Waals surface area contributed by atoms with Crippen LogP contribution in [0.3, 0.4) is 0 Å². The Labute approximate surface area is 211 Å². The van der Waals surface area contributed by atoms with Gasteiger partial charge in [0.1, 0.15) is 0 Å². The lowest BCUT2D eigenvalue weighted by atomic mass is 10.1. The third-order valence-electron chi connectivity index (χ3n) is 4.83. The topological polar surface area (TPSA) is 92.7 Å². The van der Waals surface area contributed by atoms with Crippen LogP contribution < -0.4 is 0 Å². The van der Waals surface area contributed by atoms with Crippen LogP contribution in [0.5, 0.6) is 0 Å². The number of thioether (sulfide) groups is 1. The van der Waals surface area contributed by atoms with E-state index in [1.54, 1.807) is 6.92 Å². The smallest absolute Gasteiger partial charge is 0.185 e. The maximum Gasteiger partial charge on any atom is 0.185 e. The molecule has 0 aromatic carbocycles. The highest BCUT2D eigenvalue weighted by Crippen LogP contribution is 2.12. The Morgan fingerprint density at radius 1 is 0.500 bits per heavy atom. The first-order chi connectivity index (χ1) is 16.8. The molecule has 0 atom stereocenters. The van der Waals surface area contributed by atoms with Gasteiger partial charge in [-0.05, 0) is 12.8 Å². The van der Waals surface area contributed by atoms with E-state index in [1.807, 2.05) is 0 Å². The summed E-state index contributed by atoms with van der Waals surface area (Å²) < 4.78 is 32.4. The van der Waals surface area contributed by atoms with Gasteiger partial charge in [0.2, 0.25) is 0 Å². The first-order valence-corrected chi connectivity index (χ1v) is 14.0. The molecule has 0 aliphatic rings. The zero-order chi connectivity index (χ0) is 24.8. The third-order valence-corrected chi connectivity index (χ3v) is 5.73. The molecule has 0 amide bonds. The molecule has 0 fully saturated rings. The highest BCUT2D eigenvalue weighted by Gasteiger charge is 1.97. The molecule has 0 saturated heterocycles. The van der Waals surface area contributed by atoms with Crippen LogP contribution in [0.4, 0.5) is 0 Å². The lowest BCUT2D eigenvalue weighted by Crippen LogP contribution is -2.14. The normalized spacial score (nSPS) is 11.4. The first-order valence-electron chi connectivity index (χ1n) is 13.0. The van der Waals surface area contributed by atoms with Crippen LogP contribution in [0.1, 0.15) is 64.7 Å². The number of hydrogen-bond donors (Lipinski definition) is 1. The van der Waals surface area contributed by atoms with Crippen molar-refractivity contribution in [1.82, 2.24) is 0 Å². The van der Waals surface area contributed by atoms with E-state index in [4.69, 9.17) is 33.5 Å². The molecule has 8 nitrogen and oxygen atoms in total. The molecule has 9 heteroatoms.